The number of likely N-dealkylation sites (tertiary alicyclic amines) is 2. The number of nitrogens with zero attached hydrogens (tertiary/aromatic N) is 4. The van der Waals surface area contributed by atoms with Gasteiger partial charge in [-0.1, -0.05) is 13.8 Å². The maximum Gasteiger partial charge on any atom is 0.228 e. The summed E-state index contributed by atoms with van der Waals surface area (Å²) in [5, 5.41) is 0. The minimum absolute atomic E-state index is 0.00109. The molecule has 24 heavy (non-hydrogen) atoms. The largest absolute Gasteiger partial charge is 0.337 e. The lowest BCUT2D eigenvalue weighted by atomic mass is 9.73. The Labute approximate surface area is 143 Å². The molecule has 1 aromatic heterocycles. The van der Waals surface area contributed by atoms with E-state index in [0.717, 1.165) is 5.82 Å². The molecule has 2 aliphatic rings. The molecule has 0 saturated carbocycles. The quantitative estimate of drug-likeness (QED) is 0.832. The lowest BCUT2D eigenvalue weighted by Gasteiger charge is -2.54. The molecule has 6 nitrogen and oxygen atoms in total. The topological polar surface area (TPSA) is 58.4 Å². The fourth-order valence-electron chi connectivity index (χ4n) is 4.02. The fourth-order valence-corrected chi connectivity index (χ4v) is 4.02. The van der Waals surface area contributed by atoms with Crippen LogP contribution in [0.2, 0.25) is 0 Å². The second-order valence-electron chi connectivity index (χ2n) is 8.83. The number of carbonyl (C=O) groups is 2. The van der Waals surface area contributed by atoms with Crippen molar-refractivity contribution < 1.29 is 9.59 Å². The predicted octanol–water partition coefficient (Wildman–Crippen LogP) is 1.98. The van der Waals surface area contributed by atoms with Crippen molar-refractivity contribution >= 4 is 11.8 Å². The minimum atomic E-state index is -0.240. The van der Waals surface area contributed by atoms with Crippen LogP contribution in [0.1, 0.15) is 52.9 Å². The molecular formula is C18H28N4O2. The van der Waals surface area contributed by atoms with Crippen molar-refractivity contribution in [2.75, 3.05) is 13.1 Å². The summed E-state index contributed by atoms with van der Waals surface area (Å²) in [7, 11) is 1.96. The molecule has 0 spiro atoms. The van der Waals surface area contributed by atoms with Crippen molar-refractivity contribution in [3.05, 3.63) is 18.2 Å². The molecule has 2 unspecified atom stereocenters. The van der Waals surface area contributed by atoms with E-state index in [9.17, 15) is 9.59 Å². The van der Waals surface area contributed by atoms with Crippen LogP contribution in [0.25, 0.3) is 0 Å². The molecule has 2 amide bonds. The van der Waals surface area contributed by atoms with Crippen LogP contribution in [-0.4, -0.2) is 49.8 Å². The SMILES string of the molecule is Cn1ccnc1C1N(C(=O)C2CC(=O)N(C(C)(C)C)C2)CC1(C)C. The number of hydrogen-bond acceptors (Lipinski definition) is 3. The molecule has 3 heterocycles. The Morgan fingerprint density at radius 1 is 1.33 bits per heavy atom. The molecule has 6 heteroatoms. The summed E-state index contributed by atoms with van der Waals surface area (Å²) >= 11 is 0. The van der Waals surface area contributed by atoms with E-state index < -0.39 is 0 Å². The van der Waals surface area contributed by atoms with Crippen LogP contribution in [0.4, 0.5) is 0 Å². The van der Waals surface area contributed by atoms with Crippen molar-refractivity contribution in [1.29, 1.82) is 0 Å². The Kier molecular flexibility index (Phi) is 3.77. The van der Waals surface area contributed by atoms with E-state index in [1.54, 1.807) is 6.20 Å². The molecule has 2 atom stereocenters. The first-order chi connectivity index (χ1) is 11.0. The molecule has 2 aliphatic heterocycles. The van der Waals surface area contributed by atoms with Crippen molar-refractivity contribution in [3.63, 3.8) is 0 Å². The van der Waals surface area contributed by atoms with Crippen LogP contribution >= 0.6 is 0 Å². The average molecular weight is 332 g/mol. The van der Waals surface area contributed by atoms with E-state index in [1.807, 2.05) is 48.4 Å². The highest BCUT2D eigenvalue weighted by Gasteiger charge is 2.53. The summed E-state index contributed by atoms with van der Waals surface area (Å²) in [5.74, 6) is 0.837. The second kappa shape index (κ2) is 5.33. The number of carbonyl (C=O) groups excluding carboxylic acids is 2. The van der Waals surface area contributed by atoms with E-state index in [2.05, 4.69) is 18.8 Å². The first kappa shape index (κ1) is 17.0. The van der Waals surface area contributed by atoms with Gasteiger partial charge in [0.25, 0.3) is 0 Å². The van der Waals surface area contributed by atoms with E-state index in [4.69, 9.17) is 0 Å². The first-order valence-electron chi connectivity index (χ1n) is 8.60. The molecule has 0 aromatic carbocycles. The Morgan fingerprint density at radius 3 is 2.46 bits per heavy atom. The van der Waals surface area contributed by atoms with Crippen LogP contribution in [0.3, 0.4) is 0 Å². The number of rotatable bonds is 2. The maximum absolute atomic E-state index is 13.1. The Balaban J connectivity index is 1.79. The van der Waals surface area contributed by atoms with Crippen LogP contribution in [0.15, 0.2) is 12.4 Å². The van der Waals surface area contributed by atoms with E-state index in [-0.39, 0.29) is 34.7 Å². The molecule has 0 radical (unpaired) electrons. The van der Waals surface area contributed by atoms with Gasteiger partial charge in [-0.2, -0.15) is 0 Å². The van der Waals surface area contributed by atoms with Crippen molar-refractivity contribution in [2.45, 2.75) is 52.6 Å². The third kappa shape index (κ3) is 2.62. The lowest BCUT2D eigenvalue weighted by Crippen LogP contribution is -2.60. The molecule has 0 aliphatic carbocycles. The molecule has 0 bridgehead atoms. The summed E-state index contributed by atoms with van der Waals surface area (Å²) in [6, 6.07) is -0.0243. The molecule has 2 fully saturated rings. The van der Waals surface area contributed by atoms with Gasteiger partial charge in [-0.25, -0.2) is 4.98 Å². The van der Waals surface area contributed by atoms with Gasteiger partial charge in [-0.3, -0.25) is 9.59 Å². The van der Waals surface area contributed by atoms with Gasteiger partial charge < -0.3 is 14.4 Å². The Hall–Kier alpha value is -1.85. The number of imidazole rings is 1. The number of aryl methyl sites for hydroxylation is 1. The maximum atomic E-state index is 13.1. The van der Waals surface area contributed by atoms with Gasteiger partial charge in [-0.05, 0) is 20.8 Å². The standard InChI is InChI=1S/C18H28N4O2/c1-17(2,3)22-10-12(9-13(22)23)16(24)21-11-18(4,5)14(21)15-19-7-8-20(15)6/h7-8,12,14H,9-11H2,1-6H3. The van der Waals surface area contributed by atoms with E-state index in [0.29, 0.717) is 19.5 Å². The Bertz CT molecular complexity index is 671. The zero-order valence-electron chi connectivity index (χ0n) is 15.5. The molecule has 1 aromatic rings. The molecule has 3 rings (SSSR count). The summed E-state index contributed by atoms with van der Waals surface area (Å²) in [6.07, 6.45) is 4.00. The zero-order chi connectivity index (χ0) is 17.9. The van der Waals surface area contributed by atoms with Crippen molar-refractivity contribution in [3.8, 4) is 0 Å². The number of hydrogen-bond donors (Lipinski definition) is 0. The molecular weight excluding hydrogens is 304 g/mol. The first-order valence-corrected chi connectivity index (χ1v) is 8.60. The third-order valence-corrected chi connectivity index (χ3v) is 5.30. The van der Waals surface area contributed by atoms with E-state index in [1.165, 1.54) is 0 Å². The monoisotopic (exact) mass is 332 g/mol. The fraction of sp³-hybridized carbons (Fsp3) is 0.722. The van der Waals surface area contributed by atoms with Gasteiger partial charge in [0.2, 0.25) is 11.8 Å². The second-order valence-corrected chi connectivity index (χ2v) is 8.83. The van der Waals surface area contributed by atoms with E-state index >= 15 is 0 Å². The highest BCUT2D eigenvalue weighted by atomic mass is 16.2. The highest BCUT2D eigenvalue weighted by Crippen LogP contribution is 2.48. The van der Waals surface area contributed by atoms with Crippen molar-refractivity contribution in [1.82, 2.24) is 19.4 Å². The predicted molar refractivity (Wildman–Crippen MR) is 91.0 cm³/mol. The Morgan fingerprint density at radius 2 is 2.00 bits per heavy atom. The summed E-state index contributed by atoms with van der Waals surface area (Å²) in [6.45, 7) is 11.6. The van der Waals surface area contributed by atoms with Crippen LogP contribution in [0.5, 0.6) is 0 Å². The summed E-state index contributed by atoms with van der Waals surface area (Å²) in [4.78, 5) is 33.5. The molecule has 0 N–H and O–H groups in total. The van der Waals surface area contributed by atoms with Crippen molar-refractivity contribution in [2.24, 2.45) is 18.4 Å². The smallest absolute Gasteiger partial charge is 0.228 e. The van der Waals surface area contributed by atoms with Gasteiger partial charge >= 0.3 is 0 Å². The number of amides is 2. The van der Waals surface area contributed by atoms with Crippen LogP contribution in [-0.2, 0) is 16.6 Å². The lowest BCUT2D eigenvalue weighted by molar-refractivity contribution is -0.157. The highest BCUT2D eigenvalue weighted by molar-refractivity contribution is 5.90. The summed E-state index contributed by atoms with van der Waals surface area (Å²) < 4.78 is 1.98. The van der Waals surface area contributed by atoms with Gasteiger partial charge in [0.1, 0.15) is 5.82 Å². The van der Waals surface area contributed by atoms with Gasteiger partial charge in [-0.15, -0.1) is 0 Å². The number of aromatic nitrogens is 2. The van der Waals surface area contributed by atoms with Gasteiger partial charge in [0.15, 0.2) is 0 Å². The van der Waals surface area contributed by atoms with Crippen LogP contribution < -0.4 is 0 Å². The third-order valence-electron chi connectivity index (χ3n) is 5.30. The average Bonchev–Trinajstić information content (AvgIpc) is 3.02. The molecule has 2 saturated heterocycles. The van der Waals surface area contributed by atoms with Crippen LogP contribution in [0, 0.1) is 11.3 Å². The summed E-state index contributed by atoms with van der Waals surface area (Å²) in [5.41, 5.74) is -0.236. The normalized spacial score (nSPS) is 26.7. The molecule has 132 valence electrons. The minimum Gasteiger partial charge on any atom is -0.337 e. The zero-order valence-corrected chi connectivity index (χ0v) is 15.5. The van der Waals surface area contributed by atoms with Gasteiger partial charge in [0, 0.05) is 49.9 Å². The van der Waals surface area contributed by atoms with Gasteiger partial charge in [0.05, 0.1) is 12.0 Å².